The second kappa shape index (κ2) is 9.36. The number of thioether (sulfide) groups is 1. The molecule has 1 aromatic carbocycles. The summed E-state index contributed by atoms with van der Waals surface area (Å²) >= 11 is 1.55. The predicted octanol–water partition coefficient (Wildman–Crippen LogP) is 1.60. The lowest BCUT2D eigenvalue weighted by Gasteiger charge is -2.33. The van der Waals surface area contributed by atoms with Gasteiger partial charge < -0.3 is 15.0 Å². The third kappa shape index (κ3) is 5.04. The van der Waals surface area contributed by atoms with Gasteiger partial charge >= 0.3 is 0 Å². The Morgan fingerprint density at radius 1 is 1.21 bits per heavy atom. The van der Waals surface area contributed by atoms with Crippen molar-refractivity contribution < 1.29 is 22.7 Å². The van der Waals surface area contributed by atoms with E-state index in [9.17, 15) is 18.0 Å². The van der Waals surface area contributed by atoms with Gasteiger partial charge in [0, 0.05) is 30.4 Å². The standard InChI is InChI=1S/C19H27N3O5S2/c1-3-29(25,26)21-10-8-14(9-11-21)19(24)22-13-28-12-17(22)18(23)20-15-4-6-16(27-2)7-5-15/h4-7,14,17H,3,8-13H2,1-2H3,(H,20,23). The van der Waals surface area contributed by atoms with Crippen LogP contribution in [0.2, 0.25) is 0 Å². The third-order valence-corrected chi connectivity index (χ3v) is 8.28. The lowest BCUT2D eigenvalue weighted by atomic mass is 9.96. The minimum atomic E-state index is -3.22. The van der Waals surface area contributed by atoms with Crippen molar-refractivity contribution >= 4 is 39.3 Å². The number of nitrogens with zero attached hydrogens (tertiary/aromatic N) is 2. The molecule has 1 atom stereocenters. The first kappa shape index (κ1) is 21.9. The molecule has 0 saturated carbocycles. The SMILES string of the molecule is CCS(=O)(=O)N1CCC(C(=O)N2CSCC2C(=O)Nc2ccc(OC)cc2)CC1. The third-order valence-electron chi connectivity index (χ3n) is 5.39. The molecule has 10 heteroatoms. The summed E-state index contributed by atoms with van der Waals surface area (Å²) in [6.45, 7) is 2.34. The normalized spacial score (nSPS) is 21.2. The summed E-state index contributed by atoms with van der Waals surface area (Å²) in [7, 11) is -1.64. The van der Waals surface area contributed by atoms with E-state index in [1.165, 1.54) is 4.31 Å². The van der Waals surface area contributed by atoms with Gasteiger partial charge in [-0.3, -0.25) is 9.59 Å². The van der Waals surface area contributed by atoms with Gasteiger partial charge in [0.05, 0.1) is 18.7 Å². The maximum Gasteiger partial charge on any atom is 0.248 e. The number of rotatable bonds is 6. The summed E-state index contributed by atoms with van der Waals surface area (Å²) in [4.78, 5) is 27.4. The average Bonchev–Trinajstić information content (AvgIpc) is 3.24. The first-order chi connectivity index (χ1) is 13.9. The molecule has 2 aliphatic heterocycles. The predicted molar refractivity (Wildman–Crippen MR) is 113 cm³/mol. The number of nitrogens with one attached hydrogen (secondary N) is 1. The van der Waals surface area contributed by atoms with Crippen LogP contribution in [-0.4, -0.2) is 73.1 Å². The van der Waals surface area contributed by atoms with Crippen LogP contribution in [0.5, 0.6) is 5.75 Å². The number of anilines is 1. The zero-order valence-corrected chi connectivity index (χ0v) is 18.3. The number of hydrogen-bond acceptors (Lipinski definition) is 6. The zero-order chi connectivity index (χ0) is 21.0. The number of ether oxygens (including phenoxy) is 1. The van der Waals surface area contributed by atoms with Crippen molar-refractivity contribution in [2.45, 2.75) is 25.8 Å². The fraction of sp³-hybridized carbons (Fsp3) is 0.579. The monoisotopic (exact) mass is 441 g/mol. The van der Waals surface area contributed by atoms with E-state index in [1.54, 1.807) is 55.0 Å². The Morgan fingerprint density at radius 3 is 2.45 bits per heavy atom. The van der Waals surface area contributed by atoms with Crippen molar-refractivity contribution in [3.8, 4) is 5.75 Å². The van der Waals surface area contributed by atoms with E-state index in [4.69, 9.17) is 4.74 Å². The van der Waals surface area contributed by atoms with E-state index in [0.717, 1.165) is 0 Å². The molecule has 2 fully saturated rings. The summed E-state index contributed by atoms with van der Waals surface area (Å²) in [5.41, 5.74) is 0.651. The first-order valence-electron chi connectivity index (χ1n) is 9.66. The number of carbonyl (C=O) groups is 2. The van der Waals surface area contributed by atoms with E-state index in [-0.39, 0.29) is 23.5 Å². The highest BCUT2D eigenvalue weighted by Gasteiger charge is 2.39. The second-order valence-electron chi connectivity index (χ2n) is 7.12. The molecule has 29 heavy (non-hydrogen) atoms. The second-order valence-corrected chi connectivity index (χ2v) is 10.4. The highest BCUT2D eigenvalue weighted by Crippen LogP contribution is 2.28. The molecule has 2 amide bonds. The molecule has 1 unspecified atom stereocenters. The molecule has 8 nitrogen and oxygen atoms in total. The van der Waals surface area contributed by atoms with Gasteiger partial charge in [-0.25, -0.2) is 12.7 Å². The highest BCUT2D eigenvalue weighted by atomic mass is 32.2. The number of sulfonamides is 1. The van der Waals surface area contributed by atoms with E-state index in [0.29, 0.717) is 49.0 Å². The minimum Gasteiger partial charge on any atom is -0.497 e. The number of piperidine rings is 1. The summed E-state index contributed by atoms with van der Waals surface area (Å²) in [6, 6.07) is 6.52. The van der Waals surface area contributed by atoms with Crippen molar-refractivity contribution in [1.29, 1.82) is 0 Å². The maximum atomic E-state index is 13.0. The van der Waals surface area contributed by atoms with Gasteiger partial charge in [0.1, 0.15) is 11.8 Å². The van der Waals surface area contributed by atoms with Gasteiger partial charge in [-0.15, -0.1) is 11.8 Å². The van der Waals surface area contributed by atoms with Gasteiger partial charge in [-0.2, -0.15) is 0 Å². The van der Waals surface area contributed by atoms with E-state index < -0.39 is 16.1 Å². The van der Waals surface area contributed by atoms with Crippen LogP contribution in [0.1, 0.15) is 19.8 Å². The van der Waals surface area contributed by atoms with Crippen molar-refractivity contribution in [3.63, 3.8) is 0 Å². The van der Waals surface area contributed by atoms with Crippen molar-refractivity contribution in [2.75, 3.05) is 42.9 Å². The summed E-state index contributed by atoms with van der Waals surface area (Å²) in [5.74, 6) is 1.30. The van der Waals surface area contributed by atoms with Crippen molar-refractivity contribution in [1.82, 2.24) is 9.21 Å². The number of methoxy groups -OCH3 is 1. The largest absolute Gasteiger partial charge is 0.497 e. The molecular weight excluding hydrogens is 414 g/mol. The van der Waals surface area contributed by atoms with Crippen LogP contribution in [0.4, 0.5) is 5.69 Å². The Hall–Kier alpha value is -1.78. The fourth-order valence-corrected chi connectivity index (χ4v) is 5.87. The smallest absolute Gasteiger partial charge is 0.248 e. The molecule has 2 heterocycles. The van der Waals surface area contributed by atoms with Crippen LogP contribution in [0.15, 0.2) is 24.3 Å². The molecule has 2 aliphatic rings. The maximum absolute atomic E-state index is 13.0. The molecule has 0 aromatic heterocycles. The van der Waals surface area contributed by atoms with Crippen LogP contribution in [0.3, 0.4) is 0 Å². The van der Waals surface area contributed by atoms with Gasteiger partial charge in [0.25, 0.3) is 0 Å². The van der Waals surface area contributed by atoms with Crippen molar-refractivity contribution in [3.05, 3.63) is 24.3 Å². The van der Waals surface area contributed by atoms with Crippen LogP contribution in [0.25, 0.3) is 0 Å². The van der Waals surface area contributed by atoms with E-state index in [1.807, 2.05) is 0 Å². The molecule has 0 aliphatic carbocycles. The molecule has 2 saturated heterocycles. The number of amides is 2. The Bertz CT molecular complexity index is 836. The number of hydrogen-bond donors (Lipinski definition) is 1. The number of carbonyl (C=O) groups excluding carboxylic acids is 2. The van der Waals surface area contributed by atoms with E-state index >= 15 is 0 Å². The van der Waals surface area contributed by atoms with Gasteiger partial charge in [-0.1, -0.05) is 0 Å². The number of benzene rings is 1. The lowest BCUT2D eigenvalue weighted by molar-refractivity contribution is -0.140. The van der Waals surface area contributed by atoms with Gasteiger partial charge in [0.15, 0.2) is 0 Å². The Balaban J connectivity index is 1.59. The van der Waals surface area contributed by atoms with Crippen LogP contribution in [-0.2, 0) is 19.6 Å². The van der Waals surface area contributed by atoms with Gasteiger partial charge in [0.2, 0.25) is 21.8 Å². The molecule has 3 rings (SSSR count). The first-order valence-corrected chi connectivity index (χ1v) is 12.4. The molecule has 0 radical (unpaired) electrons. The average molecular weight is 442 g/mol. The Labute approximate surface area is 176 Å². The van der Waals surface area contributed by atoms with Crippen molar-refractivity contribution in [2.24, 2.45) is 5.92 Å². The van der Waals surface area contributed by atoms with Crippen LogP contribution in [0, 0.1) is 5.92 Å². The Kier molecular flexibility index (Phi) is 7.07. The molecular formula is C19H27N3O5S2. The zero-order valence-electron chi connectivity index (χ0n) is 16.7. The topological polar surface area (TPSA) is 96.0 Å². The van der Waals surface area contributed by atoms with Gasteiger partial charge in [-0.05, 0) is 44.0 Å². The minimum absolute atomic E-state index is 0.0570. The lowest BCUT2D eigenvalue weighted by Crippen LogP contribution is -2.49. The quantitative estimate of drug-likeness (QED) is 0.720. The molecule has 0 bridgehead atoms. The van der Waals surface area contributed by atoms with Crippen LogP contribution < -0.4 is 10.1 Å². The summed E-state index contributed by atoms with van der Waals surface area (Å²) in [6.07, 6.45) is 0.984. The van der Waals surface area contributed by atoms with E-state index in [2.05, 4.69) is 5.32 Å². The molecule has 1 N–H and O–H groups in total. The van der Waals surface area contributed by atoms with Crippen LogP contribution >= 0.6 is 11.8 Å². The summed E-state index contributed by atoms with van der Waals surface area (Å²) < 4.78 is 30.6. The molecule has 1 aromatic rings. The summed E-state index contributed by atoms with van der Waals surface area (Å²) in [5, 5.41) is 2.87. The molecule has 0 spiro atoms. The Morgan fingerprint density at radius 2 is 1.86 bits per heavy atom. The fourth-order valence-electron chi connectivity index (χ4n) is 3.57. The molecule has 160 valence electrons. The highest BCUT2D eigenvalue weighted by molar-refractivity contribution is 7.99.